The van der Waals surface area contributed by atoms with E-state index in [0.717, 1.165) is 49.2 Å². The van der Waals surface area contributed by atoms with Gasteiger partial charge in [-0.3, -0.25) is 4.79 Å². The fraction of sp³-hybridized carbons (Fsp3) is 0.409. The minimum atomic E-state index is 0.203. The molecule has 0 saturated carbocycles. The van der Waals surface area contributed by atoms with Crippen LogP contribution in [0.4, 0.5) is 5.69 Å². The van der Waals surface area contributed by atoms with Crippen molar-refractivity contribution in [2.24, 2.45) is 0 Å². The molecule has 29 heavy (non-hydrogen) atoms. The summed E-state index contributed by atoms with van der Waals surface area (Å²) in [6.07, 6.45) is 0. The van der Waals surface area contributed by atoms with Crippen LogP contribution in [0.25, 0.3) is 0 Å². The lowest BCUT2D eigenvalue weighted by Gasteiger charge is -2.36. The summed E-state index contributed by atoms with van der Waals surface area (Å²) in [5.74, 6) is 3.96. The number of hydrogen-bond acceptors (Lipinski definition) is 6. The Kier molecular flexibility index (Phi) is 7.93. The first kappa shape index (κ1) is 21.2. The third kappa shape index (κ3) is 6.22. The Morgan fingerprint density at radius 3 is 2.00 bits per heavy atom. The molecule has 0 spiro atoms. The minimum absolute atomic E-state index is 0.203. The van der Waals surface area contributed by atoms with Crippen molar-refractivity contribution in [2.75, 3.05) is 63.4 Å². The molecule has 2 aromatic rings. The van der Waals surface area contributed by atoms with E-state index in [1.165, 1.54) is 5.69 Å². The van der Waals surface area contributed by atoms with Crippen molar-refractivity contribution in [1.29, 1.82) is 0 Å². The van der Waals surface area contributed by atoms with Gasteiger partial charge in [0.15, 0.2) is 0 Å². The highest BCUT2D eigenvalue weighted by Crippen LogP contribution is 2.21. The molecular formula is C22H28N2O4S. The molecule has 1 fully saturated rings. The molecule has 0 radical (unpaired) electrons. The van der Waals surface area contributed by atoms with Gasteiger partial charge in [-0.2, -0.15) is 0 Å². The van der Waals surface area contributed by atoms with Crippen molar-refractivity contribution in [3.63, 3.8) is 0 Å². The van der Waals surface area contributed by atoms with E-state index in [1.807, 2.05) is 41.3 Å². The number of ether oxygens (including phenoxy) is 3. The second kappa shape index (κ2) is 10.9. The molecule has 1 aliphatic rings. The molecule has 2 aromatic carbocycles. The van der Waals surface area contributed by atoms with Crippen LogP contribution in [0, 0.1) is 0 Å². The normalized spacial score (nSPS) is 13.9. The largest absolute Gasteiger partial charge is 0.497 e. The number of anilines is 1. The molecule has 156 valence electrons. The van der Waals surface area contributed by atoms with Crippen molar-refractivity contribution in [2.45, 2.75) is 0 Å². The van der Waals surface area contributed by atoms with Gasteiger partial charge in [0.2, 0.25) is 5.91 Å². The van der Waals surface area contributed by atoms with Crippen LogP contribution in [0.1, 0.15) is 0 Å². The smallest absolute Gasteiger partial charge is 0.232 e. The summed E-state index contributed by atoms with van der Waals surface area (Å²) in [4.78, 5) is 16.7. The van der Waals surface area contributed by atoms with Crippen LogP contribution in [-0.2, 0) is 4.79 Å². The van der Waals surface area contributed by atoms with Gasteiger partial charge in [0, 0.05) is 37.6 Å². The van der Waals surface area contributed by atoms with E-state index in [0.29, 0.717) is 12.4 Å². The molecular weight excluding hydrogens is 388 g/mol. The van der Waals surface area contributed by atoms with E-state index in [9.17, 15) is 4.79 Å². The summed E-state index contributed by atoms with van der Waals surface area (Å²) >= 11 is 1.61. The highest BCUT2D eigenvalue weighted by atomic mass is 32.2. The SMILES string of the molecule is COc1ccc(OCCSCC(=O)N2CCN(c3ccc(OC)cc3)CC2)cc1. The third-order valence-corrected chi connectivity index (χ3v) is 5.76. The van der Waals surface area contributed by atoms with E-state index in [-0.39, 0.29) is 5.91 Å². The summed E-state index contributed by atoms with van der Waals surface area (Å²) in [6.45, 7) is 3.80. The third-order valence-electron chi connectivity index (χ3n) is 4.85. The number of carbonyl (C=O) groups is 1. The van der Waals surface area contributed by atoms with Crippen LogP contribution < -0.4 is 19.1 Å². The van der Waals surface area contributed by atoms with Gasteiger partial charge in [0.05, 0.1) is 26.6 Å². The number of hydrogen-bond donors (Lipinski definition) is 0. The predicted molar refractivity (Wildman–Crippen MR) is 118 cm³/mol. The molecule has 6 nitrogen and oxygen atoms in total. The summed E-state index contributed by atoms with van der Waals surface area (Å²) in [7, 11) is 3.31. The lowest BCUT2D eigenvalue weighted by molar-refractivity contribution is -0.128. The number of benzene rings is 2. The highest BCUT2D eigenvalue weighted by molar-refractivity contribution is 7.99. The van der Waals surface area contributed by atoms with Crippen molar-refractivity contribution < 1.29 is 19.0 Å². The van der Waals surface area contributed by atoms with Crippen molar-refractivity contribution in [1.82, 2.24) is 4.90 Å². The Hall–Kier alpha value is -2.54. The Morgan fingerprint density at radius 1 is 0.862 bits per heavy atom. The zero-order valence-electron chi connectivity index (χ0n) is 17.0. The monoisotopic (exact) mass is 416 g/mol. The first-order valence-electron chi connectivity index (χ1n) is 9.71. The summed E-state index contributed by atoms with van der Waals surface area (Å²) < 4.78 is 16.0. The predicted octanol–water partition coefficient (Wildman–Crippen LogP) is 3.16. The molecule has 0 bridgehead atoms. The molecule has 0 atom stereocenters. The molecule has 0 aromatic heterocycles. The summed E-state index contributed by atoms with van der Waals surface area (Å²) in [5, 5.41) is 0. The fourth-order valence-electron chi connectivity index (χ4n) is 3.15. The molecule has 1 heterocycles. The first-order chi connectivity index (χ1) is 14.2. The highest BCUT2D eigenvalue weighted by Gasteiger charge is 2.21. The first-order valence-corrected chi connectivity index (χ1v) is 10.9. The molecule has 0 N–H and O–H groups in total. The van der Waals surface area contributed by atoms with Gasteiger partial charge < -0.3 is 24.0 Å². The number of methoxy groups -OCH3 is 2. The standard InChI is InChI=1S/C22H28N2O4S/c1-26-19-5-3-18(4-6-19)23-11-13-24(14-12-23)22(25)17-29-16-15-28-21-9-7-20(27-2)8-10-21/h3-10H,11-17H2,1-2H3. The van der Waals surface area contributed by atoms with Crippen LogP contribution >= 0.6 is 11.8 Å². The quantitative estimate of drug-likeness (QED) is 0.586. The molecule has 1 amide bonds. The molecule has 0 aliphatic carbocycles. The van der Waals surface area contributed by atoms with Crippen LogP contribution in [0.3, 0.4) is 0 Å². The molecule has 3 rings (SSSR count). The molecule has 1 saturated heterocycles. The molecule has 0 unspecified atom stereocenters. The van der Waals surface area contributed by atoms with Crippen LogP contribution in [0.5, 0.6) is 17.2 Å². The lowest BCUT2D eigenvalue weighted by atomic mass is 10.2. The average molecular weight is 417 g/mol. The van der Waals surface area contributed by atoms with Gasteiger partial charge >= 0.3 is 0 Å². The van der Waals surface area contributed by atoms with Crippen LogP contribution in [-0.4, -0.2) is 69.3 Å². The van der Waals surface area contributed by atoms with Gasteiger partial charge in [-0.1, -0.05) is 0 Å². The maximum Gasteiger partial charge on any atom is 0.232 e. The minimum Gasteiger partial charge on any atom is -0.497 e. The number of nitrogens with zero attached hydrogens (tertiary/aromatic N) is 2. The van der Waals surface area contributed by atoms with Crippen LogP contribution in [0.15, 0.2) is 48.5 Å². The van der Waals surface area contributed by atoms with Crippen LogP contribution in [0.2, 0.25) is 0 Å². The Labute approximate surface area is 176 Å². The van der Waals surface area contributed by atoms with Gasteiger partial charge in [0.25, 0.3) is 0 Å². The zero-order valence-corrected chi connectivity index (χ0v) is 17.8. The summed E-state index contributed by atoms with van der Waals surface area (Å²) in [5.41, 5.74) is 1.17. The van der Waals surface area contributed by atoms with Crippen molar-refractivity contribution in [3.8, 4) is 17.2 Å². The van der Waals surface area contributed by atoms with E-state index in [2.05, 4.69) is 17.0 Å². The maximum atomic E-state index is 12.4. The Bertz CT molecular complexity index is 759. The van der Waals surface area contributed by atoms with Gasteiger partial charge in [-0.05, 0) is 48.5 Å². The van der Waals surface area contributed by atoms with Crippen molar-refractivity contribution in [3.05, 3.63) is 48.5 Å². The second-order valence-electron chi connectivity index (χ2n) is 6.64. The maximum absolute atomic E-state index is 12.4. The van der Waals surface area contributed by atoms with E-state index >= 15 is 0 Å². The topological polar surface area (TPSA) is 51.2 Å². The number of amides is 1. The fourth-order valence-corrected chi connectivity index (χ4v) is 3.85. The number of thioether (sulfide) groups is 1. The molecule has 1 aliphatic heterocycles. The van der Waals surface area contributed by atoms with E-state index in [4.69, 9.17) is 14.2 Å². The lowest BCUT2D eigenvalue weighted by Crippen LogP contribution is -2.49. The second-order valence-corrected chi connectivity index (χ2v) is 7.75. The van der Waals surface area contributed by atoms with Gasteiger partial charge in [0.1, 0.15) is 17.2 Å². The number of piperazine rings is 1. The Morgan fingerprint density at radius 2 is 1.41 bits per heavy atom. The average Bonchev–Trinajstić information content (AvgIpc) is 2.79. The van der Waals surface area contributed by atoms with Gasteiger partial charge in [-0.25, -0.2) is 0 Å². The molecule has 7 heteroatoms. The number of rotatable bonds is 9. The number of carbonyl (C=O) groups excluding carboxylic acids is 1. The zero-order chi connectivity index (χ0) is 20.5. The van der Waals surface area contributed by atoms with Gasteiger partial charge in [-0.15, -0.1) is 11.8 Å². The van der Waals surface area contributed by atoms with E-state index < -0.39 is 0 Å². The van der Waals surface area contributed by atoms with Crippen molar-refractivity contribution >= 4 is 23.4 Å². The Balaban J connectivity index is 1.32. The van der Waals surface area contributed by atoms with E-state index in [1.54, 1.807) is 26.0 Å². The summed E-state index contributed by atoms with van der Waals surface area (Å²) in [6, 6.07) is 15.6.